The summed E-state index contributed by atoms with van der Waals surface area (Å²) >= 11 is 1.52. The molecule has 21 heavy (non-hydrogen) atoms. The molecule has 1 aromatic carbocycles. The molecule has 0 aliphatic carbocycles. The van der Waals surface area contributed by atoms with E-state index < -0.39 is 12.0 Å². The van der Waals surface area contributed by atoms with Crippen LogP contribution in [0.15, 0.2) is 18.2 Å². The molecule has 1 saturated heterocycles. The number of carboxylic acid groups (broad SMARTS) is 1. The highest BCUT2D eigenvalue weighted by atomic mass is 32.2. The lowest BCUT2D eigenvalue weighted by Gasteiger charge is -2.30. The first-order valence-corrected chi connectivity index (χ1v) is 7.91. The van der Waals surface area contributed by atoms with Crippen LogP contribution in [0.25, 0.3) is 0 Å². The van der Waals surface area contributed by atoms with Gasteiger partial charge in [0.05, 0.1) is 5.37 Å². The maximum Gasteiger partial charge on any atom is 0.327 e. The first kappa shape index (κ1) is 15.7. The van der Waals surface area contributed by atoms with E-state index in [9.17, 15) is 14.7 Å². The summed E-state index contributed by atoms with van der Waals surface area (Å²) in [6.45, 7) is 5.77. The zero-order valence-corrected chi connectivity index (χ0v) is 13.2. The highest BCUT2D eigenvalue weighted by Crippen LogP contribution is 2.35. The van der Waals surface area contributed by atoms with Crippen molar-refractivity contribution in [3.05, 3.63) is 29.3 Å². The van der Waals surface area contributed by atoms with Gasteiger partial charge >= 0.3 is 5.97 Å². The van der Waals surface area contributed by atoms with Gasteiger partial charge in [-0.25, -0.2) is 4.79 Å². The van der Waals surface area contributed by atoms with Gasteiger partial charge in [-0.2, -0.15) is 0 Å². The number of nitrogens with two attached hydrogens (primary N) is 1. The summed E-state index contributed by atoms with van der Waals surface area (Å²) in [6, 6.07) is 4.38. The minimum absolute atomic E-state index is 0.126. The number of nitrogens with zero attached hydrogens (tertiary/aromatic N) is 1. The van der Waals surface area contributed by atoms with Crippen LogP contribution in [-0.2, 0) is 4.79 Å². The molecule has 0 bridgehead atoms. The van der Waals surface area contributed by atoms with Crippen molar-refractivity contribution in [2.75, 3.05) is 11.5 Å². The van der Waals surface area contributed by atoms with Crippen LogP contribution in [0.5, 0.6) is 0 Å². The van der Waals surface area contributed by atoms with Gasteiger partial charge in [-0.05, 0) is 30.5 Å². The van der Waals surface area contributed by atoms with Crippen molar-refractivity contribution in [2.24, 2.45) is 5.92 Å². The van der Waals surface area contributed by atoms with E-state index in [1.165, 1.54) is 16.7 Å². The number of thioether (sulfide) groups is 1. The number of carbonyl (C=O) groups excluding carboxylic acids is 1. The Hall–Kier alpha value is -1.69. The van der Waals surface area contributed by atoms with Gasteiger partial charge in [0, 0.05) is 17.0 Å². The Morgan fingerprint density at radius 1 is 1.43 bits per heavy atom. The number of aliphatic carboxylic acids is 1. The normalized spacial score (nSPS) is 21.8. The number of hydrogen-bond donors (Lipinski definition) is 2. The van der Waals surface area contributed by atoms with Crippen molar-refractivity contribution in [3.8, 4) is 0 Å². The fourth-order valence-corrected chi connectivity index (χ4v) is 3.98. The first-order chi connectivity index (χ1) is 9.84. The second-order valence-corrected chi connectivity index (χ2v) is 6.70. The Morgan fingerprint density at radius 2 is 2.10 bits per heavy atom. The standard InChI is InChI=1S/C15H20N2O3S/c1-8(2)14-17(12(7-21-14)15(19)20)13(18)10-5-4-6-11(16)9(10)3/h4-6,8,12,14H,7,16H2,1-3H3,(H,19,20). The molecule has 1 aliphatic heterocycles. The lowest BCUT2D eigenvalue weighted by atomic mass is 10.0. The van der Waals surface area contributed by atoms with Crippen LogP contribution in [0.3, 0.4) is 0 Å². The third-order valence-electron chi connectivity index (χ3n) is 3.73. The minimum atomic E-state index is -0.958. The summed E-state index contributed by atoms with van der Waals surface area (Å²) in [5, 5.41) is 9.25. The Morgan fingerprint density at radius 3 is 2.67 bits per heavy atom. The van der Waals surface area contributed by atoms with Crippen LogP contribution >= 0.6 is 11.8 Å². The van der Waals surface area contributed by atoms with Crippen molar-refractivity contribution in [2.45, 2.75) is 32.2 Å². The van der Waals surface area contributed by atoms with Crippen LogP contribution in [0.1, 0.15) is 29.8 Å². The third-order valence-corrected chi connectivity index (χ3v) is 5.35. The molecule has 0 aromatic heterocycles. The molecule has 1 aliphatic rings. The molecule has 5 nitrogen and oxygen atoms in total. The summed E-state index contributed by atoms with van der Waals surface area (Å²) < 4.78 is 0. The molecular weight excluding hydrogens is 288 g/mol. The molecule has 1 amide bonds. The molecule has 6 heteroatoms. The van der Waals surface area contributed by atoms with Gasteiger partial charge in [-0.1, -0.05) is 19.9 Å². The largest absolute Gasteiger partial charge is 0.480 e. The molecule has 0 radical (unpaired) electrons. The van der Waals surface area contributed by atoms with Crippen molar-refractivity contribution >= 4 is 29.3 Å². The quantitative estimate of drug-likeness (QED) is 0.836. The molecule has 2 unspecified atom stereocenters. The smallest absolute Gasteiger partial charge is 0.327 e. The first-order valence-electron chi connectivity index (χ1n) is 6.86. The molecule has 114 valence electrons. The van der Waals surface area contributed by atoms with Gasteiger partial charge in [0.1, 0.15) is 6.04 Å². The average Bonchev–Trinajstić information content (AvgIpc) is 2.86. The molecule has 2 atom stereocenters. The maximum atomic E-state index is 12.8. The Bertz CT molecular complexity index is 574. The predicted molar refractivity (Wildman–Crippen MR) is 84.3 cm³/mol. The zero-order chi connectivity index (χ0) is 15.7. The lowest BCUT2D eigenvalue weighted by Crippen LogP contribution is -2.47. The summed E-state index contributed by atoms with van der Waals surface area (Å²) in [5.74, 6) is -0.605. The molecule has 1 aromatic rings. The van der Waals surface area contributed by atoms with Gasteiger partial charge in [0.2, 0.25) is 0 Å². The van der Waals surface area contributed by atoms with Crippen molar-refractivity contribution in [1.29, 1.82) is 0 Å². The summed E-state index contributed by atoms with van der Waals surface area (Å²) in [4.78, 5) is 25.8. The molecule has 1 heterocycles. The summed E-state index contributed by atoms with van der Waals surface area (Å²) in [5.41, 5.74) is 7.58. The molecule has 0 spiro atoms. The lowest BCUT2D eigenvalue weighted by molar-refractivity contribution is -0.141. The van der Waals surface area contributed by atoms with Crippen molar-refractivity contribution in [1.82, 2.24) is 4.90 Å². The van der Waals surface area contributed by atoms with Crippen LogP contribution < -0.4 is 5.73 Å². The summed E-state index contributed by atoms with van der Waals surface area (Å²) in [6.07, 6.45) is 0. The van der Waals surface area contributed by atoms with Crippen LogP contribution in [0, 0.1) is 12.8 Å². The zero-order valence-electron chi connectivity index (χ0n) is 12.4. The number of anilines is 1. The van der Waals surface area contributed by atoms with E-state index in [0.717, 1.165) is 0 Å². The fourth-order valence-electron chi connectivity index (χ4n) is 2.51. The molecule has 2 rings (SSSR count). The van der Waals surface area contributed by atoms with Gasteiger partial charge < -0.3 is 15.7 Å². The maximum absolute atomic E-state index is 12.8. The Labute approximate surface area is 128 Å². The van der Waals surface area contributed by atoms with Crippen LogP contribution in [-0.4, -0.2) is 39.1 Å². The van der Waals surface area contributed by atoms with E-state index in [0.29, 0.717) is 22.6 Å². The third kappa shape index (κ3) is 2.85. The monoisotopic (exact) mass is 308 g/mol. The van der Waals surface area contributed by atoms with E-state index >= 15 is 0 Å². The fraction of sp³-hybridized carbons (Fsp3) is 0.467. The number of carboxylic acids is 1. The Balaban J connectivity index is 2.42. The molecule has 1 fully saturated rings. The number of nitrogen functional groups attached to an aromatic ring is 1. The van der Waals surface area contributed by atoms with E-state index in [2.05, 4.69) is 0 Å². The van der Waals surface area contributed by atoms with E-state index in [1.807, 2.05) is 13.8 Å². The number of amides is 1. The topological polar surface area (TPSA) is 83.6 Å². The van der Waals surface area contributed by atoms with Gasteiger partial charge in [-0.3, -0.25) is 4.79 Å². The highest BCUT2D eigenvalue weighted by Gasteiger charge is 2.43. The number of benzene rings is 1. The van der Waals surface area contributed by atoms with Gasteiger partial charge in [0.15, 0.2) is 0 Å². The summed E-state index contributed by atoms with van der Waals surface area (Å²) in [7, 11) is 0. The number of carbonyl (C=O) groups is 2. The Kier molecular flexibility index (Phi) is 4.46. The number of hydrogen-bond acceptors (Lipinski definition) is 4. The predicted octanol–water partition coefficient (Wildman–Crippen LogP) is 2.20. The van der Waals surface area contributed by atoms with E-state index in [-0.39, 0.29) is 17.2 Å². The van der Waals surface area contributed by atoms with Crippen molar-refractivity contribution < 1.29 is 14.7 Å². The molecule has 3 N–H and O–H groups in total. The van der Waals surface area contributed by atoms with Gasteiger partial charge in [-0.15, -0.1) is 11.8 Å². The number of rotatable bonds is 3. The van der Waals surface area contributed by atoms with E-state index in [1.54, 1.807) is 25.1 Å². The van der Waals surface area contributed by atoms with E-state index in [4.69, 9.17) is 5.73 Å². The minimum Gasteiger partial charge on any atom is -0.480 e. The van der Waals surface area contributed by atoms with Crippen LogP contribution in [0.2, 0.25) is 0 Å². The average molecular weight is 308 g/mol. The van der Waals surface area contributed by atoms with Crippen molar-refractivity contribution in [3.63, 3.8) is 0 Å². The van der Waals surface area contributed by atoms with Gasteiger partial charge in [0.25, 0.3) is 5.91 Å². The highest BCUT2D eigenvalue weighted by molar-refractivity contribution is 8.00. The SMILES string of the molecule is Cc1c(N)cccc1C(=O)N1C(C(=O)O)CSC1C(C)C. The molecular formula is C15H20N2O3S. The molecule has 0 saturated carbocycles. The van der Waals surface area contributed by atoms with Crippen LogP contribution in [0.4, 0.5) is 5.69 Å². The second kappa shape index (κ2) is 5.97. The second-order valence-electron chi connectivity index (χ2n) is 5.55.